The number of aromatic carboxylic acids is 1. The number of ether oxygens (including phenoxy) is 1. The van der Waals surface area contributed by atoms with Gasteiger partial charge in [0.25, 0.3) is 5.91 Å². The third-order valence-electron chi connectivity index (χ3n) is 4.23. The Morgan fingerprint density at radius 2 is 1.89 bits per heavy atom. The Kier molecular flexibility index (Phi) is 5.89. The number of methoxy groups -OCH3 is 1. The first-order valence-corrected chi connectivity index (χ1v) is 9.52. The number of nitrogens with zero attached hydrogens (tertiary/aromatic N) is 1. The normalized spacial score (nSPS) is 15.7. The molecule has 0 aliphatic carbocycles. The maximum atomic E-state index is 13.0. The van der Waals surface area contributed by atoms with Crippen LogP contribution < -0.4 is 9.80 Å². The minimum Gasteiger partial charge on any atom is -0.497 e. The van der Waals surface area contributed by atoms with Crippen LogP contribution in [0.1, 0.15) is 29.3 Å². The van der Waals surface area contributed by atoms with E-state index in [4.69, 9.17) is 9.57 Å². The highest BCUT2D eigenvalue weighted by molar-refractivity contribution is 8.01. The standard InChI is InChI=1S/C20H19NO6S/c1-3-18(22)27-21-15-11-13(20(24)25)6-9-16(15)28-17(19(21)23)10-12-4-7-14(26-2)8-5-12/h4-9,11,17H,3,10H2,1-2H3,(H,24,25). The zero-order valence-electron chi connectivity index (χ0n) is 15.4. The van der Waals surface area contributed by atoms with E-state index in [0.29, 0.717) is 11.3 Å². The Labute approximate surface area is 166 Å². The Morgan fingerprint density at radius 3 is 2.50 bits per heavy atom. The first kappa shape index (κ1) is 19.8. The summed E-state index contributed by atoms with van der Waals surface area (Å²) < 4.78 is 5.14. The molecule has 1 N–H and O–H groups in total. The summed E-state index contributed by atoms with van der Waals surface area (Å²) in [6.07, 6.45) is 0.516. The summed E-state index contributed by atoms with van der Waals surface area (Å²) in [5.74, 6) is -1.38. The molecule has 0 fully saturated rings. The van der Waals surface area contributed by atoms with E-state index in [1.54, 1.807) is 20.1 Å². The average Bonchev–Trinajstić information content (AvgIpc) is 2.71. The number of thioether (sulfide) groups is 1. The van der Waals surface area contributed by atoms with Gasteiger partial charge in [-0.2, -0.15) is 0 Å². The molecule has 1 aliphatic heterocycles. The molecule has 1 aliphatic rings. The molecule has 1 atom stereocenters. The summed E-state index contributed by atoms with van der Waals surface area (Å²) in [4.78, 5) is 42.0. The van der Waals surface area contributed by atoms with Gasteiger partial charge in [-0.1, -0.05) is 19.1 Å². The summed E-state index contributed by atoms with van der Waals surface area (Å²) in [5.41, 5.74) is 1.21. The smallest absolute Gasteiger partial charge is 0.335 e. The minimum atomic E-state index is -1.12. The van der Waals surface area contributed by atoms with Crippen molar-refractivity contribution in [3.8, 4) is 5.75 Å². The van der Waals surface area contributed by atoms with Gasteiger partial charge in [-0.3, -0.25) is 4.79 Å². The van der Waals surface area contributed by atoms with Crippen LogP contribution in [0, 0.1) is 0 Å². The van der Waals surface area contributed by atoms with Crippen molar-refractivity contribution < 1.29 is 29.1 Å². The van der Waals surface area contributed by atoms with Crippen LogP contribution >= 0.6 is 11.8 Å². The number of anilines is 1. The maximum absolute atomic E-state index is 13.0. The molecule has 1 heterocycles. The van der Waals surface area contributed by atoms with Gasteiger partial charge in [0.1, 0.15) is 5.75 Å². The number of hydrogen-bond acceptors (Lipinski definition) is 6. The lowest BCUT2D eigenvalue weighted by atomic mass is 10.1. The highest BCUT2D eigenvalue weighted by Gasteiger charge is 2.36. The van der Waals surface area contributed by atoms with Crippen LogP contribution in [0.2, 0.25) is 0 Å². The van der Waals surface area contributed by atoms with E-state index in [1.807, 2.05) is 24.3 Å². The number of carboxylic acids is 1. The predicted molar refractivity (Wildman–Crippen MR) is 104 cm³/mol. The number of hydroxylamine groups is 1. The molecule has 1 amide bonds. The molecule has 3 rings (SSSR count). The summed E-state index contributed by atoms with van der Waals surface area (Å²) in [6, 6.07) is 11.8. The monoisotopic (exact) mass is 401 g/mol. The van der Waals surface area contributed by atoms with Crippen LogP contribution in [0.5, 0.6) is 5.75 Å². The van der Waals surface area contributed by atoms with Crippen molar-refractivity contribution in [2.45, 2.75) is 29.9 Å². The first-order chi connectivity index (χ1) is 13.4. The third-order valence-corrected chi connectivity index (χ3v) is 5.48. The molecule has 0 saturated carbocycles. The lowest BCUT2D eigenvalue weighted by molar-refractivity contribution is -0.150. The minimum absolute atomic E-state index is 0.0123. The Balaban J connectivity index is 1.92. The SMILES string of the molecule is CCC(=O)ON1C(=O)C(Cc2ccc(OC)cc2)Sc2ccc(C(=O)O)cc21. The van der Waals surface area contributed by atoms with E-state index in [0.717, 1.165) is 16.4 Å². The highest BCUT2D eigenvalue weighted by atomic mass is 32.2. The van der Waals surface area contributed by atoms with Gasteiger partial charge in [0.15, 0.2) is 0 Å². The van der Waals surface area contributed by atoms with Gasteiger partial charge in [0.2, 0.25) is 0 Å². The lowest BCUT2D eigenvalue weighted by Crippen LogP contribution is -2.43. The molecule has 146 valence electrons. The number of carboxylic acid groups (broad SMARTS) is 1. The average molecular weight is 401 g/mol. The Bertz CT molecular complexity index is 911. The molecular formula is C20H19NO6S. The molecule has 8 heteroatoms. The summed E-state index contributed by atoms with van der Waals surface area (Å²) >= 11 is 1.32. The summed E-state index contributed by atoms with van der Waals surface area (Å²) in [6.45, 7) is 1.62. The van der Waals surface area contributed by atoms with E-state index in [1.165, 1.54) is 23.9 Å². The molecular weight excluding hydrogens is 382 g/mol. The topological polar surface area (TPSA) is 93.1 Å². The van der Waals surface area contributed by atoms with Gasteiger partial charge in [0, 0.05) is 11.3 Å². The summed E-state index contributed by atoms with van der Waals surface area (Å²) in [5, 5.41) is 9.64. The van der Waals surface area contributed by atoms with Crippen molar-refractivity contribution in [3.63, 3.8) is 0 Å². The predicted octanol–water partition coefficient (Wildman–Crippen LogP) is 3.31. The molecule has 7 nitrogen and oxygen atoms in total. The zero-order valence-corrected chi connectivity index (χ0v) is 16.2. The number of benzene rings is 2. The number of fused-ring (bicyclic) bond motifs is 1. The zero-order chi connectivity index (χ0) is 20.3. The fourth-order valence-electron chi connectivity index (χ4n) is 2.73. The number of rotatable bonds is 6. The van der Waals surface area contributed by atoms with Crippen LogP contribution in [0.25, 0.3) is 0 Å². The van der Waals surface area contributed by atoms with Crippen molar-refractivity contribution in [1.82, 2.24) is 0 Å². The highest BCUT2D eigenvalue weighted by Crippen LogP contribution is 2.41. The van der Waals surface area contributed by atoms with Gasteiger partial charge in [0.05, 0.1) is 23.6 Å². The van der Waals surface area contributed by atoms with Crippen molar-refractivity contribution in [2.75, 3.05) is 12.2 Å². The Morgan fingerprint density at radius 1 is 1.18 bits per heavy atom. The van der Waals surface area contributed by atoms with E-state index in [9.17, 15) is 19.5 Å². The largest absolute Gasteiger partial charge is 0.497 e. The number of carbonyl (C=O) groups excluding carboxylic acids is 2. The van der Waals surface area contributed by atoms with Gasteiger partial charge in [-0.15, -0.1) is 16.8 Å². The molecule has 1 unspecified atom stereocenters. The van der Waals surface area contributed by atoms with Gasteiger partial charge >= 0.3 is 11.9 Å². The Hall–Kier alpha value is -3.00. The second-order valence-electron chi connectivity index (χ2n) is 6.10. The van der Waals surface area contributed by atoms with Crippen molar-refractivity contribution in [2.24, 2.45) is 0 Å². The maximum Gasteiger partial charge on any atom is 0.335 e. The third kappa shape index (κ3) is 4.12. The van der Waals surface area contributed by atoms with Crippen LogP contribution in [0.15, 0.2) is 47.4 Å². The fourth-order valence-corrected chi connectivity index (χ4v) is 3.92. The molecule has 0 spiro atoms. The summed E-state index contributed by atoms with van der Waals surface area (Å²) in [7, 11) is 1.58. The van der Waals surface area contributed by atoms with Crippen LogP contribution in [-0.4, -0.2) is 35.3 Å². The number of amides is 1. The van der Waals surface area contributed by atoms with Crippen molar-refractivity contribution >= 4 is 35.3 Å². The van der Waals surface area contributed by atoms with E-state index < -0.39 is 23.1 Å². The first-order valence-electron chi connectivity index (χ1n) is 8.64. The molecule has 0 bridgehead atoms. The molecule has 0 radical (unpaired) electrons. The van der Waals surface area contributed by atoms with E-state index in [2.05, 4.69) is 0 Å². The number of hydrogen-bond donors (Lipinski definition) is 1. The number of carbonyl (C=O) groups is 3. The van der Waals surface area contributed by atoms with Crippen molar-refractivity contribution in [3.05, 3.63) is 53.6 Å². The second kappa shape index (κ2) is 8.35. The van der Waals surface area contributed by atoms with Gasteiger partial charge < -0.3 is 14.7 Å². The fraction of sp³-hybridized carbons (Fsp3) is 0.250. The van der Waals surface area contributed by atoms with Crippen LogP contribution in [-0.2, 0) is 20.8 Å². The van der Waals surface area contributed by atoms with Gasteiger partial charge in [-0.05, 0) is 42.3 Å². The van der Waals surface area contributed by atoms with Crippen LogP contribution in [0.4, 0.5) is 5.69 Å². The molecule has 28 heavy (non-hydrogen) atoms. The molecule has 2 aromatic rings. The lowest BCUT2D eigenvalue weighted by Gasteiger charge is -2.32. The van der Waals surface area contributed by atoms with Crippen molar-refractivity contribution in [1.29, 1.82) is 0 Å². The molecule has 0 saturated heterocycles. The molecule has 2 aromatic carbocycles. The second-order valence-corrected chi connectivity index (χ2v) is 7.34. The van der Waals surface area contributed by atoms with Crippen LogP contribution in [0.3, 0.4) is 0 Å². The van der Waals surface area contributed by atoms with E-state index in [-0.39, 0.29) is 17.7 Å². The van der Waals surface area contributed by atoms with Gasteiger partial charge in [-0.25, -0.2) is 9.59 Å². The molecule has 0 aromatic heterocycles. The quantitative estimate of drug-likeness (QED) is 0.794. The van der Waals surface area contributed by atoms with E-state index >= 15 is 0 Å².